The van der Waals surface area contributed by atoms with E-state index in [1.807, 2.05) is 32.0 Å². The highest BCUT2D eigenvalue weighted by Gasteiger charge is 2.23. The first-order chi connectivity index (χ1) is 7.26. The summed E-state index contributed by atoms with van der Waals surface area (Å²) in [6, 6.07) is 8.16. The van der Waals surface area contributed by atoms with Crippen LogP contribution in [-0.2, 0) is 5.41 Å². The molecule has 1 nitrogen and oxygen atoms in total. The van der Waals surface area contributed by atoms with E-state index < -0.39 is 0 Å². The van der Waals surface area contributed by atoms with Crippen LogP contribution in [0.1, 0.15) is 40.2 Å². The first-order valence-corrected chi connectivity index (χ1v) is 6.14. The molecule has 0 amide bonds. The molecule has 1 aromatic carbocycles. The number of rotatable bonds is 3. The lowest BCUT2D eigenvalue weighted by Gasteiger charge is -2.29. The van der Waals surface area contributed by atoms with E-state index in [1.54, 1.807) is 0 Å². The van der Waals surface area contributed by atoms with Crippen LogP contribution in [-0.4, -0.2) is 11.5 Å². The second-order valence-corrected chi connectivity index (χ2v) is 6.01. The summed E-state index contributed by atoms with van der Waals surface area (Å²) in [5, 5.41) is 0. The highest BCUT2D eigenvalue weighted by Crippen LogP contribution is 2.33. The zero-order chi connectivity index (χ0) is 12.4. The molecule has 0 unspecified atom stereocenters. The zero-order valence-corrected chi connectivity index (χ0v) is 11.6. The molecular weight excluding hydrogens is 220 g/mol. The molecule has 0 saturated carbocycles. The fraction of sp³-hybridized carbons (Fsp3) is 0.571. The summed E-state index contributed by atoms with van der Waals surface area (Å²) < 4.78 is 5.98. The van der Waals surface area contributed by atoms with Crippen molar-refractivity contribution in [3.63, 3.8) is 0 Å². The molecule has 0 aliphatic heterocycles. The predicted molar refractivity (Wildman–Crippen MR) is 70.6 cm³/mol. The standard InChI is InChI=1S/C14H21ClO/c1-13(2,3)11-8-6-7-9-12(11)16-14(4,5)10-15/h6-9H,10H2,1-5H3. The van der Waals surface area contributed by atoms with Crippen LogP contribution in [0.4, 0.5) is 0 Å². The Bertz CT molecular complexity index is 350. The molecule has 0 N–H and O–H groups in total. The first-order valence-electron chi connectivity index (χ1n) is 5.61. The molecule has 0 heterocycles. The maximum absolute atomic E-state index is 5.98. The predicted octanol–water partition coefficient (Wildman–Crippen LogP) is 4.38. The van der Waals surface area contributed by atoms with Gasteiger partial charge in [0.1, 0.15) is 11.4 Å². The Labute approximate surface area is 104 Å². The molecular formula is C14H21ClO. The summed E-state index contributed by atoms with van der Waals surface area (Å²) in [5.74, 6) is 1.41. The van der Waals surface area contributed by atoms with E-state index in [-0.39, 0.29) is 11.0 Å². The van der Waals surface area contributed by atoms with Crippen LogP contribution < -0.4 is 4.74 Å². The van der Waals surface area contributed by atoms with Gasteiger partial charge >= 0.3 is 0 Å². The lowest BCUT2D eigenvalue weighted by atomic mass is 9.86. The van der Waals surface area contributed by atoms with Crippen molar-refractivity contribution in [3.05, 3.63) is 29.8 Å². The SMILES string of the molecule is CC(C)(CCl)Oc1ccccc1C(C)(C)C. The van der Waals surface area contributed by atoms with Crippen LogP contribution in [0.3, 0.4) is 0 Å². The van der Waals surface area contributed by atoms with Gasteiger partial charge in [0.15, 0.2) is 0 Å². The van der Waals surface area contributed by atoms with Gasteiger partial charge in [-0.25, -0.2) is 0 Å². The van der Waals surface area contributed by atoms with Gasteiger partial charge in [-0.3, -0.25) is 0 Å². The van der Waals surface area contributed by atoms with Crippen LogP contribution in [0.15, 0.2) is 24.3 Å². The third kappa shape index (κ3) is 3.41. The number of ether oxygens (including phenoxy) is 1. The van der Waals surface area contributed by atoms with E-state index in [0.717, 1.165) is 5.75 Å². The summed E-state index contributed by atoms with van der Waals surface area (Å²) in [5.41, 5.74) is 0.968. The van der Waals surface area contributed by atoms with Crippen LogP contribution >= 0.6 is 11.6 Å². The van der Waals surface area contributed by atoms with Crippen molar-refractivity contribution in [1.29, 1.82) is 0 Å². The van der Waals surface area contributed by atoms with Gasteiger partial charge in [0.25, 0.3) is 0 Å². The summed E-state index contributed by atoms with van der Waals surface area (Å²) in [6.07, 6.45) is 0. The molecule has 0 radical (unpaired) electrons. The van der Waals surface area contributed by atoms with Gasteiger partial charge < -0.3 is 4.74 Å². The highest BCUT2D eigenvalue weighted by molar-refractivity contribution is 6.18. The van der Waals surface area contributed by atoms with E-state index >= 15 is 0 Å². The van der Waals surface area contributed by atoms with Crippen molar-refractivity contribution in [1.82, 2.24) is 0 Å². The van der Waals surface area contributed by atoms with Crippen molar-refractivity contribution in [3.8, 4) is 5.75 Å². The van der Waals surface area contributed by atoms with Crippen LogP contribution in [0.25, 0.3) is 0 Å². The molecule has 1 aromatic rings. The highest BCUT2D eigenvalue weighted by atomic mass is 35.5. The van der Waals surface area contributed by atoms with Crippen molar-refractivity contribution in [2.24, 2.45) is 0 Å². The van der Waals surface area contributed by atoms with E-state index in [9.17, 15) is 0 Å². The van der Waals surface area contributed by atoms with Crippen LogP contribution in [0.5, 0.6) is 5.75 Å². The second kappa shape index (κ2) is 4.67. The normalized spacial score (nSPS) is 12.6. The molecule has 90 valence electrons. The number of hydrogen-bond acceptors (Lipinski definition) is 1. The number of halogens is 1. The quantitative estimate of drug-likeness (QED) is 0.713. The minimum Gasteiger partial charge on any atom is -0.486 e. The topological polar surface area (TPSA) is 9.23 Å². The minimum absolute atomic E-state index is 0.0823. The Hall–Kier alpha value is -0.690. The molecule has 0 aliphatic carbocycles. The molecule has 0 spiro atoms. The third-order valence-electron chi connectivity index (χ3n) is 2.40. The number of benzene rings is 1. The van der Waals surface area contributed by atoms with Gasteiger partial charge in [-0.15, -0.1) is 11.6 Å². The monoisotopic (exact) mass is 240 g/mol. The largest absolute Gasteiger partial charge is 0.486 e. The summed E-state index contributed by atoms with van der Waals surface area (Å²) in [4.78, 5) is 0. The van der Waals surface area contributed by atoms with Gasteiger partial charge in [-0.2, -0.15) is 0 Å². The first kappa shape index (κ1) is 13.4. The molecule has 0 saturated heterocycles. The Kier molecular flexibility index (Phi) is 3.90. The smallest absolute Gasteiger partial charge is 0.123 e. The maximum atomic E-state index is 5.98. The lowest BCUT2D eigenvalue weighted by molar-refractivity contribution is 0.131. The summed E-state index contributed by atoms with van der Waals surface area (Å²) >= 11 is 5.88. The Morgan fingerprint density at radius 3 is 2.12 bits per heavy atom. The van der Waals surface area contributed by atoms with Gasteiger partial charge in [-0.1, -0.05) is 39.0 Å². The molecule has 0 fully saturated rings. The van der Waals surface area contributed by atoms with Gasteiger partial charge in [0.05, 0.1) is 5.88 Å². The molecule has 0 aliphatic rings. The second-order valence-electron chi connectivity index (χ2n) is 5.74. The van der Waals surface area contributed by atoms with Gasteiger partial charge in [-0.05, 0) is 30.9 Å². The van der Waals surface area contributed by atoms with Gasteiger partial charge in [0.2, 0.25) is 0 Å². The maximum Gasteiger partial charge on any atom is 0.123 e. The number of alkyl halides is 1. The van der Waals surface area contributed by atoms with Crippen LogP contribution in [0.2, 0.25) is 0 Å². The van der Waals surface area contributed by atoms with Crippen LogP contribution in [0, 0.1) is 0 Å². The van der Waals surface area contributed by atoms with E-state index in [1.165, 1.54) is 5.56 Å². The fourth-order valence-corrected chi connectivity index (χ4v) is 1.55. The van der Waals surface area contributed by atoms with E-state index in [2.05, 4.69) is 26.8 Å². The summed E-state index contributed by atoms with van der Waals surface area (Å²) in [6.45, 7) is 10.5. The molecule has 0 atom stereocenters. The Balaban J connectivity index is 3.06. The van der Waals surface area contributed by atoms with Crippen molar-refractivity contribution < 1.29 is 4.74 Å². The third-order valence-corrected chi connectivity index (χ3v) is 3.05. The lowest BCUT2D eigenvalue weighted by Crippen LogP contribution is -2.31. The van der Waals surface area contributed by atoms with Gasteiger partial charge in [0, 0.05) is 0 Å². The Morgan fingerprint density at radius 2 is 1.62 bits per heavy atom. The zero-order valence-electron chi connectivity index (χ0n) is 10.8. The average molecular weight is 241 g/mol. The van der Waals surface area contributed by atoms with E-state index in [4.69, 9.17) is 16.3 Å². The molecule has 2 heteroatoms. The van der Waals surface area contributed by atoms with Crippen molar-refractivity contribution >= 4 is 11.6 Å². The number of para-hydroxylation sites is 1. The average Bonchev–Trinajstić information content (AvgIpc) is 2.16. The molecule has 0 bridgehead atoms. The molecule has 1 rings (SSSR count). The minimum atomic E-state index is -0.330. The molecule has 16 heavy (non-hydrogen) atoms. The Morgan fingerprint density at radius 1 is 1.06 bits per heavy atom. The fourth-order valence-electron chi connectivity index (χ4n) is 1.50. The summed E-state index contributed by atoms with van der Waals surface area (Å²) in [7, 11) is 0. The van der Waals surface area contributed by atoms with Crippen molar-refractivity contribution in [2.45, 2.75) is 45.6 Å². The van der Waals surface area contributed by atoms with E-state index in [0.29, 0.717) is 5.88 Å². The van der Waals surface area contributed by atoms with Crippen molar-refractivity contribution in [2.75, 3.05) is 5.88 Å². The number of hydrogen-bond donors (Lipinski definition) is 0. The molecule has 0 aromatic heterocycles.